The Kier molecular flexibility index (Phi) is 5.87. The minimum absolute atomic E-state index is 0.147. The van der Waals surface area contributed by atoms with Gasteiger partial charge >= 0.3 is 5.69 Å². The molecule has 1 heterocycles. The molecule has 3 aromatic rings. The van der Waals surface area contributed by atoms with Crippen molar-refractivity contribution < 1.29 is 14.5 Å². The highest BCUT2D eigenvalue weighted by Gasteiger charge is 2.23. The van der Waals surface area contributed by atoms with Gasteiger partial charge in [0.1, 0.15) is 12.7 Å². The molecule has 0 aliphatic carbocycles. The van der Waals surface area contributed by atoms with E-state index in [0.29, 0.717) is 6.61 Å². The van der Waals surface area contributed by atoms with Gasteiger partial charge in [-0.1, -0.05) is 12.1 Å². The molecule has 2 aromatic carbocycles. The quantitative estimate of drug-likeness (QED) is 0.449. The molecule has 0 N–H and O–H groups in total. The Morgan fingerprint density at radius 2 is 2.00 bits per heavy atom. The van der Waals surface area contributed by atoms with Crippen LogP contribution in [0.3, 0.4) is 0 Å². The molecule has 1 amide bonds. The lowest BCUT2D eigenvalue weighted by Crippen LogP contribution is -2.29. The number of aromatic nitrogens is 3. The zero-order valence-corrected chi connectivity index (χ0v) is 16.3. The number of rotatable bonds is 7. The summed E-state index contributed by atoms with van der Waals surface area (Å²) in [6.45, 7) is 3.94. The first-order chi connectivity index (χ1) is 13.9. The summed E-state index contributed by atoms with van der Waals surface area (Å²) in [6, 6.07) is 11.6. The Morgan fingerprint density at radius 3 is 2.59 bits per heavy atom. The standard InChI is InChI=1S/C20H21N5O4/c1-4-29-19-10-7-16(11-18(19)25(27)28)20(26)23(3)14(2)15-5-8-17(9-6-15)24-13-21-12-22-24/h5-14H,4H2,1-3H3. The van der Waals surface area contributed by atoms with Gasteiger partial charge in [-0.05, 0) is 43.7 Å². The maximum Gasteiger partial charge on any atom is 0.311 e. The number of amides is 1. The first-order valence-electron chi connectivity index (χ1n) is 9.05. The van der Waals surface area contributed by atoms with E-state index in [1.807, 2.05) is 31.2 Å². The van der Waals surface area contributed by atoms with Gasteiger partial charge in [0.2, 0.25) is 0 Å². The predicted octanol–water partition coefficient (Wildman–Crippen LogP) is 3.41. The van der Waals surface area contributed by atoms with Gasteiger partial charge in [0.15, 0.2) is 5.75 Å². The van der Waals surface area contributed by atoms with Crippen molar-refractivity contribution in [3.63, 3.8) is 0 Å². The number of benzene rings is 2. The van der Waals surface area contributed by atoms with Gasteiger partial charge in [0.25, 0.3) is 5.91 Å². The molecule has 9 nitrogen and oxygen atoms in total. The SMILES string of the molecule is CCOc1ccc(C(=O)N(C)C(C)c2ccc(-n3cncn3)cc2)cc1[N+](=O)[O-]. The van der Waals surface area contributed by atoms with Crippen LogP contribution in [-0.4, -0.2) is 44.1 Å². The summed E-state index contributed by atoms with van der Waals surface area (Å²) in [5, 5.41) is 15.4. The number of nitro benzene ring substituents is 1. The molecule has 9 heteroatoms. The molecule has 3 rings (SSSR count). The van der Waals surface area contributed by atoms with Crippen LogP contribution in [0.4, 0.5) is 5.69 Å². The summed E-state index contributed by atoms with van der Waals surface area (Å²) in [4.78, 5) is 29.1. The van der Waals surface area contributed by atoms with Crippen LogP contribution in [-0.2, 0) is 0 Å². The Bertz CT molecular complexity index is 1000. The van der Waals surface area contributed by atoms with Crippen LogP contribution in [0.2, 0.25) is 0 Å². The zero-order valence-electron chi connectivity index (χ0n) is 16.3. The summed E-state index contributed by atoms with van der Waals surface area (Å²) >= 11 is 0. The third kappa shape index (κ3) is 4.23. The molecule has 1 aromatic heterocycles. The number of nitro groups is 1. The molecule has 0 saturated carbocycles. The van der Waals surface area contributed by atoms with E-state index < -0.39 is 4.92 Å². The summed E-state index contributed by atoms with van der Waals surface area (Å²) < 4.78 is 6.92. The van der Waals surface area contributed by atoms with Crippen molar-refractivity contribution in [1.29, 1.82) is 0 Å². The fourth-order valence-corrected chi connectivity index (χ4v) is 2.92. The molecule has 150 valence electrons. The molecule has 0 aliphatic rings. The van der Waals surface area contributed by atoms with Crippen molar-refractivity contribution in [3.8, 4) is 11.4 Å². The highest BCUT2D eigenvalue weighted by Crippen LogP contribution is 2.29. The second-order valence-corrected chi connectivity index (χ2v) is 6.40. The molecule has 0 bridgehead atoms. The lowest BCUT2D eigenvalue weighted by molar-refractivity contribution is -0.385. The minimum atomic E-state index is -0.548. The summed E-state index contributed by atoms with van der Waals surface area (Å²) in [5.41, 5.74) is 1.78. The van der Waals surface area contributed by atoms with Gasteiger partial charge in [0.05, 0.1) is 23.3 Å². The van der Waals surface area contributed by atoms with Crippen molar-refractivity contribution in [2.45, 2.75) is 19.9 Å². The zero-order chi connectivity index (χ0) is 21.0. The fraction of sp³-hybridized carbons (Fsp3) is 0.250. The summed E-state index contributed by atoms with van der Waals surface area (Å²) in [5.74, 6) is -0.169. The van der Waals surface area contributed by atoms with Crippen molar-refractivity contribution in [2.75, 3.05) is 13.7 Å². The van der Waals surface area contributed by atoms with Gasteiger partial charge in [-0.25, -0.2) is 9.67 Å². The normalized spacial score (nSPS) is 11.7. The fourth-order valence-electron chi connectivity index (χ4n) is 2.92. The van der Waals surface area contributed by atoms with Crippen molar-refractivity contribution in [2.24, 2.45) is 0 Å². The second kappa shape index (κ2) is 8.51. The van der Waals surface area contributed by atoms with E-state index in [-0.39, 0.29) is 28.9 Å². The smallest absolute Gasteiger partial charge is 0.311 e. The lowest BCUT2D eigenvalue weighted by Gasteiger charge is -2.25. The maximum atomic E-state index is 12.9. The van der Waals surface area contributed by atoms with Crippen molar-refractivity contribution in [1.82, 2.24) is 19.7 Å². The molecule has 0 radical (unpaired) electrons. The number of carbonyl (C=O) groups is 1. The van der Waals surface area contributed by atoms with Gasteiger partial charge in [0, 0.05) is 18.7 Å². The number of hydrogen-bond donors (Lipinski definition) is 0. The highest BCUT2D eigenvalue weighted by molar-refractivity contribution is 5.95. The summed E-state index contributed by atoms with van der Waals surface area (Å²) in [7, 11) is 1.67. The molecule has 0 aliphatic heterocycles. The first-order valence-corrected chi connectivity index (χ1v) is 9.05. The molecule has 29 heavy (non-hydrogen) atoms. The van der Waals surface area contributed by atoms with E-state index in [0.717, 1.165) is 11.3 Å². The third-order valence-corrected chi connectivity index (χ3v) is 4.66. The van der Waals surface area contributed by atoms with Gasteiger partial charge in [-0.3, -0.25) is 14.9 Å². The van der Waals surface area contributed by atoms with Crippen molar-refractivity contribution in [3.05, 3.63) is 76.4 Å². The van der Waals surface area contributed by atoms with Crippen LogP contribution in [0.25, 0.3) is 5.69 Å². The van der Waals surface area contributed by atoms with E-state index in [1.165, 1.54) is 24.5 Å². The van der Waals surface area contributed by atoms with Crippen LogP contribution >= 0.6 is 0 Å². The van der Waals surface area contributed by atoms with Crippen LogP contribution in [0.15, 0.2) is 55.1 Å². The monoisotopic (exact) mass is 395 g/mol. The number of ether oxygens (including phenoxy) is 1. The lowest BCUT2D eigenvalue weighted by atomic mass is 10.1. The van der Waals surface area contributed by atoms with E-state index in [2.05, 4.69) is 10.1 Å². The molecule has 0 spiro atoms. The average molecular weight is 395 g/mol. The average Bonchev–Trinajstić information content (AvgIpc) is 3.27. The van der Waals surface area contributed by atoms with Crippen LogP contribution < -0.4 is 4.74 Å². The maximum absolute atomic E-state index is 12.9. The predicted molar refractivity (Wildman–Crippen MR) is 106 cm³/mol. The summed E-state index contributed by atoms with van der Waals surface area (Å²) in [6.07, 6.45) is 3.06. The van der Waals surface area contributed by atoms with E-state index in [4.69, 9.17) is 4.74 Å². The van der Waals surface area contributed by atoms with Crippen LogP contribution in [0.1, 0.15) is 35.8 Å². The minimum Gasteiger partial charge on any atom is -0.487 e. The van der Waals surface area contributed by atoms with Gasteiger partial charge < -0.3 is 9.64 Å². The molecule has 0 saturated heterocycles. The second-order valence-electron chi connectivity index (χ2n) is 6.40. The number of hydrogen-bond acceptors (Lipinski definition) is 6. The van der Waals surface area contributed by atoms with Crippen LogP contribution in [0, 0.1) is 10.1 Å². The molecule has 0 fully saturated rings. The largest absolute Gasteiger partial charge is 0.487 e. The van der Waals surface area contributed by atoms with Gasteiger partial charge in [-0.2, -0.15) is 5.10 Å². The molecular weight excluding hydrogens is 374 g/mol. The number of nitrogens with zero attached hydrogens (tertiary/aromatic N) is 5. The Labute approximate surface area is 167 Å². The Hall–Kier alpha value is -3.75. The molecule has 1 atom stereocenters. The van der Waals surface area contributed by atoms with E-state index in [1.54, 1.807) is 29.9 Å². The third-order valence-electron chi connectivity index (χ3n) is 4.66. The van der Waals surface area contributed by atoms with E-state index >= 15 is 0 Å². The first kappa shape index (κ1) is 20.0. The van der Waals surface area contributed by atoms with Gasteiger partial charge in [-0.15, -0.1) is 0 Å². The molecule has 1 unspecified atom stereocenters. The topological polar surface area (TPSA) is 103 Å². The van der Waals surface area contributed by atoms with Crippen molar-refractivity contribution >= 4 is 11.6 Å². The van der Waals surface area contributed by atoms with E-state index in [9.17, 15) is 14.9 Å². The molecular formula is C20H21N5O4. The number of carbonyl (C=O) groups excluding carboxylic acids is 1. The van der Waals surface area contributed by atoms with Crippen LogP contribution in [0.5, 0.6) is 5.75 Å². The Balaban J connectivity index is 1.80. The highest BCUT2D eigenvalue weighted by atomic mass is 16.6. The Morgan fingerprint density at radius 1 is 1.28 bits per heavy atom.